The fourth-order valence-corrected chi connectivity index (χ4v) is 3.06. The van der Waals surface area contributed by atoms with Gasteiger partial charge in [0.15, 0.2) is 0 Å². The first kappa shape index (κ1) is 24.9. The molecule has 0 unspecified atom stereocenters. The Hall–Kier alpha value is -4.34. The third-order valence-electron chi connectivity index (χ3n) is 4.43. The lowest BCUT2D eigenvalue weighted by Crippen LogP contribution is -2.30. The molecule has 1 fully saturated rings. The number of hydrogen-bond donors (Lipinski definition) is 2. The largest absolute Gasteiger partial charge is 0.478 e. The molecule has 0 bridgehead atoms. The van der Waals surface area contributed by atoms with Crippen LogP contribution in [0.4, 0.5) is 11.4 Å². The molecule has 0 amide bonds. The molecule has 0 radical (unpaired) electrons. The van der Waals surface area contributed by atoms with Gasteiger partial charge in [-0.15, -0.1) is 0 Å². The molecule has 1 aliphatic rings. The first-order valence-corrected chi connectivity index (χ1v) is 10.0. The maximum atomic E-state index is 9.55. The number of carboxylic acids is 2. The van der Waals surface area contributed by atoms with E-state index in [4.69, 9.17) is 19.7 Å². The molecule has 0 atom stereocenters. The highest BCUT2D eigenvalue weighted by atomic mass is 16.5. The van der Waals surface area contributed by atoms with Crippen molar-refractivity contribution in [2.45, 2.75) is 6.42 Å². The predicted molar refractivity (Wildman–Crippen MR) is 124 cm³/mol. The molecule has 2 aromatic heterocycles. The molecule has 3 heterocycles. The molecule has 3 rings (SSSR count). The van der Waals surface area contributed by atoms with Crippen molar-refractivity contribution in [2.75, 3.05) is 36.0 Å². The Morgan fingerprint density at radius 1 is 0.788 bits per heavy atom. The maximum absolute atomic E-state index is 9.55. The molecule has 10 nitrogen and oxygen atoms in total. The average molecular weight is 454 g/mol. The minimum atomic E-state index is -1.26. The van der Waals surface area contributed by atoms with Crippen molar-refractivity contribution in [1.82, 2.24) is 9.97 Å². The summed E-state index contributed by atoms with van der Waals surface area (Å²) in [6.07, 6.45) is 12.1. The van der Waals surface area contributed by atoms with Crippen LogP contribution in [0.5, 0.6) is 11.5 Å². The topological polar surface area (TPSA) is 125 Å². The van der Waals surface area contributed by atoms with Crippen molar-refractivity contribution < 1.29 is 29.3 Å². The van der Waals surface area contributed by atoms with Crippen molar-refractivity contribution in [3.63, 3.8) is 0 Å². The minimum absolute atomic E-state index is 0.558. The fraction of sp³-hybridized carbons (Fsp3) is 0.217. The first-order valence-electron chi connectivity index (χ1n) is 10.0. The second kappa shape index (κ2) is 13.2. The van der Waals surface area contributed by atoms with E-state index < -0.39 is 11.9 Å². The minimum Gasteiger partial charge on any atom is -0.478 e. The number of aromatic nitrogens is 2. The van der Waals surface area contributed by atoms with E-state index in [-0.39, 0.29) is 0 Å². The van der Waals surface area contributed by atoms with Crippen molar-refractivity contribution in [3.8, 4) is 11.5 Å². The van der Waals surface area contributed by atoms with Crippen LogP contribution in [0.2, 0.25) is 0 Å². The number of carboxylic acid groups (broad SMARTS) is 2. The monoisotopic (exact) mass is 454 g/mol. The van der Waals surface area contributed by atoms with Gasteiger partial charge in [-0.3, -0.25) is 9.97 Å². The van der Waals surface area contributed by atoms with Crippen molar-refractivity contribution >= 4 is 23.3 Å². The molecular weight excluding hydrogens is 428 g/mol. The van der Waals surface area contributed by atoms with Crippen LogP contribution in [0.3, 0.4) is 0 Å². The Balaban J connectivity index is 0.000000414. The van der Waals surface area contributed by atoms with Crippen LogP contribution in [0.1, 0.15) is 6.42 Å². The van der Waals surface area contributed by atoms with Gasteiger partial charge in [0, 0.05) is 50.5 Å². The highest BCUT2D eigenvalue weighted by molar-refractivity contribution is 5.89. The summed E-state index contributed by atoms with van der Waals surface area (Å²) in [6.45, 7) is 10.9. The number of pyridine rings is 2. The highest BCUT2D eigenvalue weighted by Crippen LogP contribution is 2.24. The summed E-state index contributed by atoms with van der Waals surface area (Å²) in [7, 11) is 0. The van der Waals surface area contributed by atoms with E-state index in [1.807, 2.05) is 24.5 Å². The Kier molecular flexibility index (Phi) is 9.94. The van der Waals surface area contributed by atoms with E-state index >= 15 is 0 Å². The maximum Gasteiger partial charge on any atom is 0.328 e. The highest BCUT2D eigenvalue weighted by Gasteiger charge is 2.17. The zero-order valence-corrected chi connectivity index (χ0v) is 18.0. The molecular formula is C23H26N4O6. The summed E-state index contributed by atoms with van der Waals surface area (Å²) in [5.41, 5.74) is 2.12. The van der Waals surface area contributed by atoms with Gasteiger partial charge in [0.05, 0.1) is 48.7 Å². The summed E-state index contributed by atoms with van der Waals surface area (Å²) in [6, 6.07) is 3.98. The third-order valence-corrected chi connectivity index (χ3v) is 4.43. The van der Waals surface area contributed by atoms with Crippen LogP contribution >= 0.6 is 0 Å². The zero-order chi connectivity index (χ0) is 24.1. The van der Waals surface area contributed by atoms with Crippen LogP contribution in [-0.2, 0) is 9.59 Å². The van der Waals surface area contributed by atoms with Gasteiger partial charge >= 0.3 is 11.9 Å². The van der Waals surface area contributed by atoms with Gasteiger partial charge < -0.3 is 29.5 Å². The SMILES string of the molecule is C=COc1cncc(N2CCCN(c3cncc(OC=C)c3)CC2)c1.O=C(O)/C=C/C(=O)O. The molecule has 2 aromatic rings. The van der Waals surface area contributed by atoms with Crippen LogP contribution in [-0.4, -0.2) is 58.3 Å². The van der Waals surface area contributed by atoms with Crippen molar-refractivity contribution in [1.29, 1.82) is 0 Å². The van der Waals surface area contributed by atoms with E-state index in [1.165, 1.54) is 12.5 Å². The number of hydrogen-bond acceptors (Lipinski definition) is 8. The predicted octanol–water partition coefficient (Wildman–Crippen LogP) is 2.95. The second-order valence-corrected chi connectivity index (χ2v) is 6.66. The molecule has 0 aromatic carbocycles. The van der Waals surface area contributed by atoms with Gasteiger partial charge in [-0.05, 0) is 6.42 Å². The number of nitrogens with zero attached hydrogens (tertiary/aromatic N) is 4. The number of anilines is 2. The molecule has 0 aliphatic carbocycles. The van der Waals surface area contributed by atoms with Crippen molar-refractivity contribution in [2.24, 2.45) is 0 Å². The van der Waals surface area contributed by atoms with E-state index in [9.17, 15) is 9.59 Å². The average Bonchev–Trinajstić information content (AvgIpc) is 3.06. The number of ether oxygens (including phenoxy) is 2. The van der Waals surface area contributed by atoms with Crippen LogP contribution in [0.25, 0.3) is 0 Å². The van der Waals surface area contributed by atoms with Crippen LogP contribution in [0.15, 0.2) is 74.8 Å². The summed E-state index contributed by atoms with van der Waals surface area (Å²) in [5, 5.41) is 15.6. The summed E-state index contributed by atoms with van der Waals surface area (Å²) >= 11 is 0. The molecule has 0 spiro atoms. The summed E-state index contributed by atoms with van der Waals surface area (Å²) in [4.78, 5) is 32.3. The van der Waals surface area contributed by atoms with Gasteiger partial charge in [0.1, 0.15) is 11.5 Å². The van der Waals surface area contributed by atoms with Crippen LogP contribution in [0, 0.1) is 0 Å². The molecule has 1 saturated heterocycles. The lowest BCUT2D eigenvalue weighted by molar-refractivity contribution is -0.134. The Morgan fingerprint density at radius 3 is 1.58 bits per heavy atom. The fourth-order valence-electron chi connectivity index (χ4n) is 3.06. The number of carbonyl (C=O) groups is 2. The second-order valence-electron chi connectivity index (χ2n) is 6.66. The van der Waals surface area contributed by atoms with E-state index in [0.29, 0.717) is 23.7 Å². The summed E-state index contributed by atoms with van der Waals surface area (Å²) in [5.74, 6) is -1.11. The first-order chi connectivity index (χ1) is 15.9. The lowest BCUT2D eigenvalue weighted by Gasteiger charge is -2.24. The Labute approximate surface area is 191 Å². The van der Waals surface area contributed by atoms with E-state index in [1.54, 1.807) is 12.4 Å². The molecule has 2 N–H and O–H groups in total. The van der Waals surface area contributed by atoms with Crippen LogP contribution < -0.4 is 19.3 Å². The molecule has 10 heteroatoms. The summed E-state index contributed by atoms with van der Waals surface area (Å²) < 4.78 is 10.7. The van der Waals surface area contributed by atoms with Gasteiger partial charge in [-0.2, -0.15) is 0 Å². The van der Waals surface area contributed by atoms with Gasteiger partial charge in [-0.1, -0.05) is 13.2 Å². The Morgan fingerprint density at radius 2 is 1.21 bits per heavy atom. The number of aliphatic carboxylic acids is 2. The normalized spacial score (nSPS) is 13.3. The van der Waals surface area contributed by atoms with E-state index in [0.717, 1.165) is 44.0 Å². The Bertz CT molecular complexity index is 917. The van der Waals surface area contributed by atoms with Gasteiger partial charge in [-0.25, -0.2) is 9.59 Å². The van der Waals surface area contributed by atoms with Gasteiger partial charge in [0.2, 0.25) is 0 Å². The molecule has 0 saturated carbocycles. The lowest BCUT2D eigenvalue weighted by atomic mass is 10.3. The third kappa shape index (κ3) is 8.74. The number of rotatable bonds is 8. The smallest absolute Gasteiger partial charge is 0.328 e. The standard InChI is InChI=1S/C19H22N4O2.C4H4O4/c1-3-24-18-10-16(12-20-14-18)22-6-5-7-23(9-8-22)17-11-19(25-4-2)15-21-13-17;5-3(6)1-2-4(7)8/h3-4,10-15H,1-2,5-9H2;1-2H,(H,5,6)(H,7,8)/b;2-1+. The van der Waals surface area contributed by atoms with E-state index in [2.05, 4.69) is 32.9 Å². The molecule has 33 heavy (non-hydrogen) atoms. The van der Waals surface area contributed by atoms with Crippen molar-refractivity contribution in [3.05, 3.63) is 74.8 Å². The molecule has 1 aliphatic heterocycles. The quantitative estimate of drug-likeness (QED) is 0.454. The molecule has 174 valence electrons. The van der Waals surface area contributed by atoms with Gasteiger partial charge in [0.25, 0.3) is 0 Å². The zero-order valence-electron chi connectivity index (χ0n) is 18.0.